The summed E-state index contributed by atoms with van der Waals surface area (Å²) in [5.74, 6) is 0.527. The summed E-state index contributed by atoms with van der Waals surface area (Å²) in [6.45, 7) is 3.75. The molecule has 1 unspecified atom stereocenters. The number of halogens is 1. The standard InChI is InChI=1S/C5H11ClOSi/c1-4(8)5(3-6)7-2/h5H,1,3H2,2,8H3. The van der Waals surface area contributed by atoms with Crippen LogP contribution >= 0.6 is 11.6 Å². The van der Waals surface area contributed by atoms with E-state index in [9.17, 15) is 0 Å². The van der Waals surface area contributed by atoms with E-state index in [1.54, 1.807) is 7.11 Å². The summed E-state index contributed by atoms with van der Waals surface area (Å²) in [5.41, 5.74) is 0. The Morgan fingerprint density at radius 2 is 2.50 bits per heavy atom. The molecule has 0 heterocycles. The van der Waals surface area contributed by atoms with E-state index in [-0.39, 0.29) is 6.10 Å². The average molecular weight is 151 g/mol. The van der Waals surface area contributed by atoms with Gasteiger partial charge in [-0.3, -0.25) is 0 Å². The van der Waals surface area contributed by atoms with E-state index < -0.39 is 0 Å². The second-order valence-electron chi connectivity index (χ2n) is 1.73. The van der Waals surface area contributed by atoms with Crippen molar-refractivity contribution in [2.45, 2.75) is 6.10 Å². The molecule has 0 radical (unpaired) electrons. The molecule has 8 heavy (non-hydrogen) atoms. The fourth-order valence-corrected chi connectivity index (χ4v) is 1.48. The number of hydrogen-bond acceptors (Lipinski definition) is 1. The Bertz CT molecular complexity index is 80.5. The van der Waals surface area contributed by atoms with Crippen molar-refractivity contribution in [3.8, 4) is 0 Å². The minimum atomic E-state index is 0.0864. The van der Waals surface area contributed by atoms with Crippen molar-refractivity contribution in [2.24, 2.45) is 0 Å². The van der Waals surface area contributed by atoms with Crippen molar-refractivity contribution in [3.05, 3.63) is 11.8 Å². The predicted molar refractivity (Wildman–Crippen MR) is 40.6 cm³/mol. The van der Waals surface area contributed by atoms with Gasteiger partial charge in [0.25, 0.3) is 0 Å². The molecule has 0 fully saturated rings. The van der Waals surface area contributed by atoms with Gasteiger partial charge in [0.05, 0.1) is 12.0 Å². The smallest absolute Gasteiger partial charge is 0.0869 e. The van der Waals surface area contributed by atoms with Crippen LogP contribution in [0.1, 0.15) is 0 Å². The third-order valence-corrected chi connectivity index (χ3v) is 1.90. The lowest BCUT2D eigenvalue weighted by Gasteiger charge is -2.09. The fraction of sp³-hybridized carbons (Fsp3) is 0.600. The second kappa shape index (κ2) is 4.12. The second-order valence-corrected chi connectivity index (χ2v) is 3.32. The van der Waals surface area contributed by atoms with Gasteiger partial charge in [-0.05, 0) is 0 Å². The van der Waals surface area contributed by atoms with E-state index in [1.165, 1.54) is 0 Å². The molecule has 48 valence electrons. The highest BCUT2D eigenvalue weighted by molar-refractivity contribution is 6.24. The zero-order valence-electron chi connectivity index (χ0n) is 5.28. The summed E-state index contributed by atoms with van der Waals surface area (Å²) in [5, 5.41) is 1.11. The van der Waals surface area contributed by atoms with Crippen LogP contribution in [0.3, 0.4) is 0 Å². The molecule has 0 aromatic rings. The molecule has 0 saturated carbocycles. The van der Waals surface area contributed by atoms with Crippen LogP contribution in [0.2, 0.25) is 0 Å². The first-order chi connectivity index (χ1) is 3.72. The molecule has 0 rings (SSSR count). The lowest BCUT2D eigenvalue weighted by molar-refractivity contribution is 0.155. The van der Waals surface area contributed by atoms with Crippen LogP contribution in [0.4, 0.5) is 0 Å². The first-order valence-electron chi connectivity index (χ1n) is 2.46. The number of methoxy groups -OCH3 is 1. The van der Waals surface area contributed by atoms with E-state index in [1.807, 2.05) is 0 Å². The van der Waals surface area contributed by atoms with Crippen molar-refractivity contribution >= 4 is 21.8 Å². The molecule has 0 aliphatic rings. The molecule has 0 N–H and O–H groups in total. The Kier molecular flexibility index (Phi) is 4.23. The van der Waals surface area contributed by atoms with Gasteiger partial charge in [-0.25, -0.2) is 0 Å². The zero-order chi connectivity index (χ0) is 6.57. The molecule has 0 spiro atoms. The monoisotopic (exact) mass is 150 g/mol. The van der Waals surface area contributed by atoms with Gasteiger partial charge < -0.3 is 4.74 Å². The summed E-state index contributed by atoms with van der Waals surface area (Å²) in [7, 11) is 2.62. The Balaban J connectivity index is 3.52. The maximum absolute atomic E-state index is 5.50. The number of alkyl halides is 1. The molecule has 0 aliphatic carbocycles. The normalized spacial score (nSPS) is 13.8. The van der Waals surface area contributed by atoms with E-state index in [2.05, 4.69) is 6.58 Å². The van der Waals surface area contributed by atoms with E-state index in [4.69, 9.17) is 16.3 Å². The third-order valence-electron chi connectivity index (χ3n) is 0.974. The van der Waals surface area contributed by atoms with Gasteiger partial charge in [0, 0.05) is 17.4 Å². The molecule has 3 heteroatoms. The molecule has 1 atom stereocenters. The maximum Gasteiger partial charge on any atom is 0.0869 e. The van der Waals surface area contributed by atoms with Crippen LogP contribution in [0.5, 0.6) is 0 Å². The van der Waals surface area contributed by atoms with Crippen LogP contribution in [0, 0.1) is 0 Å². The lowest BCUT2D eigenvalue weighted by atomic mass is 10.4. The summed E-state index contributed by atoms with van der Waals surface area (Å²) in [6, 6.07) is 0. The summed E-state index contributed by atoms with van der Waals surface area (Å²) in [6.07, 6.45) is 0.0864. The minimum absolute atomic E-state index is 0.0864. The quantitative estimate of drug-likeness (QED) is 0.410. The first kappa shape index (κ1) is 8.21. The summed E-state index contributed by atoms with van der Waals surface area (Å²) >= 11 is 5.50. The van der Waals surface area contributed by atoms with E-state index in [0.29, 0.717) is 5.88 Å². The topological polar surface area (TPSA) is 9.23 Å². The average Bonchev–Trinajstić information content (AvgIpc) is 1.69. The molecular formula is C5H11ClOSi. The number of hydrogen-bond donors (Lipinski definition) is 0. The Morgan fingerprint density at radius 3 is 2.50 bits per heavy atom. The van der Waals surface area contributed by atoms with Crippen molar-refractivity contribution < 1.29 is 4.74 Å². The molecule has 0 aromatic carbocycles. The highest BCUT2D eigenvalue weighted by Gasteiger charge is 2.02. The minimum Gasteiger partial charge on any atom is -0.376 e. The van der Waals surface area contributed by atoms with Crippen LogP contribution in [0.15, 0.2) is 11.8 Å². The molecule has 0 saturated heterocycles. The highest BCUT2D eigenvalue weighted by atomic mass is 35.5. The molecule has 0 bridgehead atoms. The molecular weight excluding hydrogens is 140 g/mol. The first-order valence-corrected chi connectivity index (χ1v) is 4.00. The van der Waals surface area contributed by atoms with Crippen molar-refractivity contribution in [2.75, 3.05) is 13.0 Å². The van der Waals surface area contributed by atoms with Gasteiger partial charge in [0.1, 0.15) is 0 Å². The van der Waals surface area contributed by atoms with Gasteiger partial charge in [0.2, 0.25) is 0 Å². The van der Waals surface area contributed by atoms with Crippen LogP contribution in [-0.2, 0) is 4.74 Å². The van der Waals surface area contributed by atoms with Crippen molar-refractivity contribution in [1.29, 1.82) is 0 Å². The fourth-order valence-electron chi connectivity index (χ4n) is 0.396. The molecule has 1 nitrogen and oxygen atoms in total. The lowest BCUT2D eigenvalue weighted by Crippen LogP contribution is -2.14. The molecule has 0 aromatic heterocycles. The predicted octanol–water partition coefficient (Wildman–Crippen LogP) is 0.119. The van der Waals surface area contributed by atoms with E-state index >= 15 is 0 Å². The van der Waals surface area contributed by atoms with Crippen LogP contribution in [-0.4, -0.2) is 29.3 Å². The molecule has 0 aliphatic heterocycles. The number of ether oxygens (including phenoxy) is 1. The van der Waals surface area contributed by atoms with Crippen LogP contribution in [0.25, 0.3) is 0 Å². The Labute approximate surface area is 58.1 Å². The largest absolute Gasteiger partial charge is 0.376 e. The van der Waals surface area contributed by atoms with Gasteiger partial charge in [0.15, 0.2) is 0 Å². The Morgan fingerprint density at radius 1 is 2.00 bits per heavy atom. The van der Waals surface area contributed by atoms with Gasteiger partial charge in [-0.1, -0.05) is 5.20 Å². The van der Waals surface area contributed by atoms with Gasteiger partial charge >= 0.3 is 0 Å². The zero-order valence-corrected chi connectivity index (χ0v) is 8.03. The third kappa shape index (κ3) is 2.50. The summed E-state index contributed by atoms with van der Waals surface area (Å²) in [4.78, 5) is 0. The Hall–Kier alpha value is 0.207. The molecule has 0 amide bonds. The maximum atomic E-state index is 5.50. The van der Waals surface area contributed by atoms with Gasteiger partial charge in [-0.15, -0.1) is 18.2 Å². The highest BCUT2D eigenvalue weighted by Crippen LogP contribution is 2.00. The van der Waals surface area contributed by atoms with Crippen LogP contribution < -0.4 is 0 Å². The van der Waals surface area contributed by atoms with Crippen molar-refractivity contribution in [3.63, 3.8) is 0 Å². The number of rotatable bonds is 3. The SMILES string of the molecule is C=C([SiH3])C(CCl)OC. The van der Waals surface area contributed by atoms with Gasteiger partial charge in [-0.2, -0.15) is 0 Å². The summed E-state index contributed by atoms with van der Waals surface area (Å²) < 4.78 is 4.96. The van der Waals surface area contributed by atoms with Crippen molar-refractivity contribution in [1.82, 2.24) is 0 Å². The van der Waals surface area contributed by atoms with E-state index in [0.717, 1.165) is 15.4 Å².